The fourth-order valence-corrected chi connectivity index (χ4v) is 2.37. The van der Waals surface area contributed by atoms with Crippen LogP contribution in [0.3, 0.4) is 0 Å². The molecule has 3 heteroatoms. The topological polar surface area (TPSA) is 40.5 Å². The van der Waals surface area contributed by atoms with Gasteiger partial charge in [0.2, 0.25) is 5.91 Å². The van der Waals surface area contributed by atoms with Crippen LogP contribution in [0, 0.1) is 11.3 Å². The quantitative estimate of drug-likeness (QED) is 0.774. The summed E-state index contributed by atoms with van der Waals surface area (Å²) in [5.41, 5.74) is 0.126. The van der Waals surface area contributed by atoms with Crippen LogP contribution in [-0.2, 0) is 4.79 Å². The summed E-state index contributed by atoms with van der Waals surface area (Å²) < 4.78 is 0. The van der Waals surface area contributed by atoms with E-state index in [9.17, 15) is 4.79 Å². The maximum atomic E-state index is 12.2. The Bertz CT molecular complexity index is 238. The van der Waals surface area contributed by atoms with Crippen LogP contribution in [0.15, 0.2) is 0 Å². The molecule has 0 spiro atoms. The minimum absolute atomic E-state index is 0.0371. The van der Waals surface area contributed by atoms with Gasteiger partial charge in [0, 0.05) is 13.0 Å². The molecular formula is C12H23NO2. The van der Waals surface area contributed by atoms with E-state index in [0.29, 0.717) is 0 Å². The third-order valence-corrected chi connectivity index (χ3v) is 3.83. The summed E-state index contributed by atoms with van der Waals surface area (Å²) in [6.45, 7) is 6.25. The second-order valence-corrected chi connectivity index (χ2v) is 5.41. The molecule has 0 aliphatic heterocycles. The van der Waals surface area contributed by atoms with Crippen molar-refractivity contribution in [3.8, 4) is 0 Å². The summed E-state index contributed by atoms with van der Waals surface area (Å²) in [7, 11) is 1.79. The second kappa shape index (κ2) is 4.52. The van der Waals surface area contributed by atoms with Gasteiger partial charge in [0.1, 0.15) is 0 Å². The Kier molecular flexibility index (Phi) is 3.77. The highest BCUT2D eigenvalue weighted by atomic mass is 16.3. The fourth-order valence-electron chi connectivity index (χ4n) is 2.37. The van der Waals surface area contributed by atoms with E-state index < -0.39 is 0 Å². The van der Waals surface area contributed by atoms with Gasteiger partial charge in [0.15, 0.2) is 0 Å². The van der Waals surface area contributed by atoms with Gasteiger partial charge in [-0.1, -0.05) is 20.3 Å². The van der Waals surface area contributed by atoms with Crippen LogP contribution >= 0.6 is 0 Å². The molecule has 0 aromatic carbocycles. The lowest BCUT2D eigenvalue weighted by Gasteiger charge is -2.32. The van der Waals surface area contributed by atoms with Gasteiger partial charge in [-0.15, -0.1) is 0 Å². The monoisotopic (exact) mass is 213 g/mol. The number of likely N-dealkylation sites (N-methyl/N-ethyl adjacent to an activating group) is 1. The van der Waals surface area contributed by atoms with Crippen molar-refractivity contribution in [3.05, 3.63) is 0 Å². The molecular weight excluding hydrogens is 190 g/mol. The van der Waals surface area contributed by atoms with Crippen LogP contribution in [0.4, 0.5) is 0 Å². The number of aliphatic hydroxyl groups excluding tert-OH is 1. The van der Waals surface area contributed by atoms with Crippen molar-refractivity contribution in [2.45, 2.75) is 46.1 Å². The standard InChI is InChI=1S/C12H23NO2/c1-9(8-14)13(4)11(15)10-6-5-7-12(10,2)3/h9-10,14H,5-8H2,1-4H3. The molecule has 0 aromatic heterocycles. The second-order valence-electron chi connectivity index (χ2n) is 5.41. The molecule has 88 valence electrons. The van der Waals surface area contributed by atoms with E-state index in [1.807, 2.05) is 6.92 Å². The zero-order valence-corrected chi connectivity index (χ0v) is 10.3. The number of rotatable bonds is 3. The highest BCUT2D eigenvalue weighted by Gasteiger charge is 2.40. The zero-order chi connectivity index (χ0) is 11.6. The van der Waals surface area contributed by atoms with Gasteiger partial charge in [-0.05, 0) is 25.2 Å². The molecule has 1 rings (SSSR count). The van der Waals surface area contributed by atoms with E-state index in [2.05, 4.69) is 13.8 Å². The van der Waals surface area contributed by atoms with E-state index in [-0.39, 0.29) is 29.9 Å². The number of amides is 1. The summed E-state index contributed by atoms with van der Waals surface area (Å²) in [5.74, 6) is 0.329. The van der Waals surface area contributed by atoms with Gasteiger partial charge in [0.25, 0.3) is 0 Å². The zero-order valence-electron chi connectivity index (χ0n) is 10.3. The molecule has 1 amide bonds. The van der Waals surface area contributed by atoms with Crippen molar-refractivity contribution in [1.29, 1.82) is 0 Å². The highest BCUT2D eigenvalue weighted by Crippen LogP contribution is 2.43. The largest absolute Gasteiger partial charge is 0.394 e. The van der Waals surface area contributed by atoms with Crippen molar-refractivity contribution >= 4 is 5.91 Å². The molecule has 0 heterocycles. The smallest absolute Gasteiger partial charge is 0.226 e. The molecule has 0 radical (unpaired) electrons. The molecule has 0 saturated heterocycles. The van der Waals surface area contributed by atoms with Crippen LogP contribution in [0.5, 0.6) is 0 Å². The summed E-state index contributed by atoms with van der Waals surface area (Å²) in [6, 6.07) is -0.0751. The van der Waals surface area contributed by atoms with Crippen molar-refractivity contribution in [3.63, 3.8) is 0 Å². The Morgan fingerprint density at radius 2 is 2.20 bits per heavy atom. The highest BCUT2D eigenvalue weighted by molar-refractivity contribution is 5.80. The first-order chi connectivity index (χ1) is 6.90. The van der Waals surface area contributed by atoms with Crippen LogP contribution in [0.2, 0.25) is 0 Å². The van der Waals surface area contributed by atoms with Crippen LogP contribution in [0.1, 0.15) is 40.0 Å². The van der Waals surface area contributed by atoms with E-state index >= 15 is 0 Å². The molecule has 3 nitrogen and oxygen atoms in total. The normalized spacial score (nSPS) is 26.3. The molecule has 1 saturated carbocycles. The molecule has 0 aromatic rings. The van der Waals surface area contributed by atoms with Gasteiger partial charge in [-0.3, -0.25) is 4.79 Å². The molecule has 1 N–H and O–H groups in total. The van der Waals surface area contributed by atoms with Crippen LogP contribution in [-0.4, -0.2) is 35.6 Å². The molecule has 1 aliphatic carbocycles. The Morgan fingerprint density at radius 1 is 1.60 bits per heavy atom. The van der Waals surface area contributed by atoms with Gasteiger partial charge >= 0.3 is 0 Å². The molecule has 1 fully saturated rings. The lowest BCUT2D eigenvalue weighted by Crippen LogP contribution is -2.43. The fraction of sp³-hybridized carbons (Fsp3) is 0.917. The number of nitrogens with zero attached hydrogens (tertiary/aromatic N) is 1. The maximum Gasteiger partial charge on any atom is 0.226 e. The third-order valence-electron chi connectivity index (χ3n) is 3.83. The number of aliphatic hydroxyl groups is 1. The molecule has 0 bridgehead atoms. The third kappa shape index (κ3) is 2.51. The van der Waals surface area contributed by atoms with E-state index in [1.54, 1.807) is 11.9 Å². The van der Waals surface area contributed by atoms with E-state index in [1.165, 1.54) is 0 Å². The minimum atomic E-state index is -0.0751. The van der Waals surface area contributed by atoms with Crippen LogP contribution < -0.4 is 0 Å². The van der Waals surface area contributed by atoms with Gasteiger partial charge in [0.05, 0.1) is 12.6 Å². The lowest BCUT2D eigenvalue weighted by molar-refractivity contribution is -0.139. The molecule has 2 atom stereocenters. The summed E-state index contributed by atoms with van der Waals surface area (Å²) >= 11 is 0. The predicted octanol–water partition coefficient (Wildman–Crippen LogP) is 1.65. The SMILES string of the molecule is CC(CO)N(C)C(=O)C1CCCC1(C)C. The number of hydrogen-bond donors (Lipinski definition) is 1. The Morgan fingerprint density at radius 3 is 2.60 bits per heavy atom. The van der Waals surface area contributed by atoms with Gasteiger partial charge in [-0.25, -0.2) is 0 Å². The summed E-state index contributed by atoms with van der Waals surface area (Å²) in [4.78, 5) is 13.9. The Labute approximate surface area is 92.5 Å². The maximum absolute atomic E-state index is 12.2. The summed E-state index contributed by atoms with van der Waals surface area (Å²) in [6.07, 6.45) is 3.27. The average molecular weight is 213 g/mol. The lowest BCUT2D eigenvalue weighted by atomic mass is 9.81. The van der Waals surface area contributed by atoms with Crippen molar-refractivity contribution < 1.29 is 9.90 Å². The Balaban J connectivity index is 2.68. The first-order valence-corrected chi connectivity index (χ1v) is 5.77. The number of carbonyl (C=O) groups excluding carboxylic acids is 1. The minimum Gasteiger partial charge on any atom is -0.394 e. The van der Waals surface area contributed by atoms with Crippen molar-refractivity contribution in [2.24, 2.45) is 11.3 Å². The van der Waals surface area contributed by atoms with E-state index in [0.717, 1.165) is 19.3 Å². The van der Waals surface area contributed by atoms with Crippen LogP contribution in [0.25, 0.3) is 0 Å². The van der Waals surface area contributed by atoms with E-state index in [4.69, 9.17) is 5.11 Å². The molecule has 2 unspecified atom stereocenters. The van der Waals surface area contributed by atoms with Gasteiger partial charge < -0.3 is 10.0 Å². The summed E-state index contributed by atoms with van der Waals surface area (Å²) in [5, 5.41) is 9.03. The predicted molar refractivity (Wildman–Crippen MR) is 60.4 cm³/mol. The Hall–Kier alpha value is -0.570. The molecule has 15 heavy (non-hydrogen) atoms. The number of carbonyl (C=O) groups is 1. The first-order valence-electron chi connectivity index (χ1n) is 5.77. The van der Waals surface area contributed by atoms with Crippen molar-refractivity contribution in [1.82, 2.24) is 4.90 Å². The molecule has 1 aliphatic rings. The first kappa shape index (κ1) is 12.5. The van der Waals surface area contributed by atoms with Gasteiger partial charge in [-0.2, -0.15) is 0 Å². The number of hydrogen-bond acceptors (Lipinski definition) is 2. The van der Waals surface area contributed by atoms with Crippen molar-refractivity contribution in [2.75, 3.05) is 13.7 Å². The average Bonchev–Trinajstić information content (AvgIpc) is 2.54.